The molecule has 0 radical (unpaired) electrons. The largest absolute Gasteiger partial charge is 0.508 e. The van der Waals surface area contributed by atoms with E-state index >= 15 is 0 Å². The highest BCUT2D eigenvalue weighted by molar-refractivity contribution is 9.10. The molecule has 0 fully saturated rings. The van der Waals surface area contributed by atoms with Gasteiger partial charge in [0.25, 0.3) is 5.91 Å². The summed E-state index contributed by atoms with van der Waals surface area (Å²) in [5.41, 5.74) is 0.697. The van der Waals surface area contributed by atoms with Gasteiger partial charge in [0.1, 0.15) is 17.2 Å². The van der Waals surface area contributed by atoms with Crippen molar-refractivity contribution in [3.05, 3.63) is 46.4 Å². The van der Waals surface area contributed by atoms with Crippen molar-refractivity contribution < 1.29 is 19.7 Å². The second kappa shape index (κ2) is 5.83. The van der Waals surface area contributed by atoms with E-state index in [-0.39, 0.29) is 17.1 Å². The number of halogens is 1. The molecule has 5 nitrogen and oxygen atoms in total. The molecular formula is C14H12BrNO4. The molecule has 0 bridgehead atoms. The fourth-order valence-electron chi connectivity index (χ4n) is 1.67. The number of nitrogens with one attached hydrogen (secondary N) is 1. The number of rotatable bonds is 3. The third-order valence-corrected chi connectivity index (χ3v) is 3.23. The molecule has 3 N–H and O–H groups in total. The predicted octanol–water partition coefficient (Wildman–Crippen LogP) is 3.12. The van der Waals surface area contributed by atoms with E-state index in [0.717, 1.165) is 10.5 Å². The van der Waals surface area contributed by atoms with E-state index in [1.165, 1.54) is 19.2 Å². The van der Waals surface area contributed by atoms with E-state index in [1.54, 1.807) is 18.2 Å². The Morgan fingerprint density at radius 3 is 2.40 bits per heavy atom. The van der Waals surface area contributed by atoms with Crippen LogP contribution in [0.15, 0.2) is 40.9 Å². The normalized spacial score (nSPS) is 10.1. The zero-order valence-electron chi connectivity index (χ0n) is 10.6. The highest BCUT2D eigenvalue weighted by Crippen LogP contribution is 2.28. The van der Waals surface area contributed by atoms with Gasteiger partial charge in [-0.05, 0) is 40.2 Å². The number of methoxy groups -OCH3 is 1. The summed E-state index contributed by atoms with van der Waals surface area (Å²) in [7, 11) is 1.53. The summed E-state index contributed by atoms with van der Waals surface area (Å²) in [4.78, 5) is 12.0. The molecule has 104 valence electrons. The van der Waals surface area contributed by atoms with Crippen molar-refractivity contribution in [2.24, 2.45) is 0 Å². The number of phenolic OH excluding ortho intramolecular Hbond substituents is 2. The van der Waals surface area contributed by atoms with E-state index < -0.39 is 5.91 Å². The first-order valence-corrected chi connectivity index (χ1v) is 6.47. The number of amides is 1. The second-order valence-electron chi connectivity index (χ2n) is 4.04. The fraction of sp³-hybridized carbons (Fsp3) is 0.0714. The lowest BCUT2D eigenvalue weighted by Gasteiger charge is -2.09. The van der Waals surface area contributed by atoms with Crippen molar-refractivity contribution in [2.45, 2.75) is 0 Å². The Morgan fingerprint density at radius 1 is 1.15 bits per heavy atom. The minimum Gasteiger partial charge on any atom is -0.508 e. The third kappa shape index (κ3) is 3.21. The molecule has 6 heteroatoms. The zero-order valence-corrected chi connectivity index (χ0v) is 12.1. The van der Waals surface area contributed by atoms with E-state index in [4.69, 9.17) is 4.74 Å². The number of carbonyl (C=O) groups is 1. The van der Waals surface area contributed by atoms with Crippen molar-refractivity contribution in [1.29, 1.82) is 0 Å². The summed E-state index contributed by atoms with van der Waals surface area (Å²) in [6, 6.07) is 8.79. The monoisotopic (exact) mass is 337 g/mol. The van der Waals surface area contributed by atoms with E-state index in [0.29, 0.717) is 11.4 Å². The highest BCUT2D eigenvalue weighted by atomic mass is 79.9. The molecule has 0 heterocycles. The Bertz CT molecular complexity index is 637. The Balaban J connectivity index is 2.23. The number of aromatic hydroxyl groups is 2. The lowest BCUT2D eigenvalue weighted by molar-refractivity contribution is 0.102. The van der Waals surface area contributed by atoms with Crippen LogP contribution in [0, 0.1) is 0 Å². The van der Waals surface area contributed by atoms with Gasteiger partial charge in [-0.2, -0.15) is 0 Å². The molecule has 0 aliphatic carbocycles. The van der Waals surface area contributed by atoms with Crippen molar-refractivity contribution in [3.8, 4) is 17.2 Å². The third-order valence-electron chi connectivity index (χ3n) is 2.57. The Labute approximate surface area is 123 Å². The van der Waals surface area contributed by atoms with Gasteiger partial charge in [-0.3, -0.25) is 4.79 Å². The summed E-state index contributed by atoms with van der Waals surface area (Å²) >= 11 is 3.32. The van der Waals surface area contributed by atoms with Gasteiger partial charge in [0, 0.05) is 23.4 Å². The number of ether oxygens (including phenoxy) is 1. The minimum atomic E-state index is -0.444. The van der Waals surface area contributed by atoms with Gasteiger partial charge in [-0.25, -0.2) is 0 Å². The van der Waals surface area contributed by atoms with E-state index in [1.807, 2.05) is 0 Å². The Hall–Kier alpha value is -2.21. The molecule has 0 unspecified atom stereocenters. The van der Waals surface area contributed by atoms with Crippen LogP contribution < -0.4 is 10.1 Å². The molecule has 2 aromatic carbocycles. The van der Waals surface area contributed by atoms with Crippen LogP contribution in [-0.4, -0.2) is 23.2 Å². The van der Waals surface area contributed by atoms with Gasteiger partial charge >= 0.3 is 0 Å². The molecule has 0 saturated carbocycles. The number of anilines is 1. The molecule has 20 heavy (non-hydrogen) atoms. The highest BCUT2D eigenvalue weighted by Gasteiger charge is 2.10. The molecule has 0 saturated heterocycles. The van der Waals surface area contributed by atoms with E-state index in [2.05, 4.69) is 21.2 Å². The average molecular weight is 338 g/mol. The van der Waals surface area contributed by atoms with Gasteiger partial charge < -0.3 is 20.3 Å². The molecule has 0 aliphatic rings. The van der Waals surface area contributed by atoms with Crippen LogP contribution in [0.3, 0.4) is 0 Å². The number of phenols is 2. The molecule has 2 aromatic rings. The Kier molecular flexibility index (Phi) is 4.14. The van der Waals surface area contributed by atoms with Gasteiger partial charge in [0.15, 0.2) is 0 Å². The van der Waals surface area contributed by atoms with Gasteiger partial charge in [0.2, 0.25) is 0 Å². The van der Waals surface area contributed by atoms with Crippen LogP contribution in [0.2, 0.25) is 0 Å². The van der Waals surface area contributed by atoms with Crippen LogP contribution in [0.1, 0.15) is 10.4 Å². The summed E-state index contributed by atoms with van der Waals surface area (Å²) in [5.74, 6) is -0.214. The van der Waals surface area contributed by atoms with Crippen LogP contribution >= 0.6 is 15.9 Å². The first kappa shape index (κ1) is 14.2. The summed E-state index contributed by atoms with van der Waals surface area (Å²) in [6.45, 7) is 0. The van der Waals surface area contributed by atoms with Crippen molar-refractivity contribution >= 4 is 27.5 Å². The number of hydrogen-bond donors (Lipinski definition) is 3. The van der Waals surface area contributed by atoms with Crippen molar-refractivity contribution in [2.75, 3.05) is 12.4 Å². The quantitative estimate of drug-likeness (QED) is 0.803. The van der Waals surface area contributed by atoms with Crippen LogP contribution in [0.4, 0.5) is 5.69 Å². The van der Waals surface area contributed by atoms with Crippen LogP contribution in [0.5, 0.6) is 17.2 Å². The molecule has 1 amide bonds. The number of carbonyl (C=O) groups excluding carboxylic acids is 1. The maximum absolute atomic E-state index is 12.0. The molecule has 2 rings (SSSR count). The summed E-state index contributed by atoms with van der Waals surface area (Å²) in [6.07, 6.45) is 0. The van der Waals surface area contributed by atoms with Crippen molar-refractivity contribution in [3.63, 3.8) is 0 Å². The number of hydrogen-bond acceptors (Lipinski definition) is 4. The minimum absolute atomic E-state index is 0.157. The zero-order chi connectivity index (χ0) is 14.7. The van der Waals surface area contributed by atoms with Crippen LogP contribution in [-0.2, 0) is 0 Å². The van der Waals surface area contributed by atoms with E-state index in [9.17, 15) is 15.0 Å². The standard InChI is InChI=1S/C14H12BrNO4/c1-20-13-6-9(2-3-12(13)15)16-14(19)8-4-10(17)7-11(18)5-8/h2-7,17-18H,1H3,(H,16,19). The number of benzene rings is 2. The van der Waals surface area contributed by atoms with Gasteiger partial charge in [0.05, 0.1) is 11.6 Å². The molecule has 0 spiro atoms. The first-order chi connectivity index (χ1) is 9.49. The lowest BCUT2D eigenvalue weighted by atomic mass is 10.2. The maximum Gasteiger partial charge on any atom is 0.255 e. The maximum atomic E-state index is 12.0. The van der Waals surface area contributed by atoms with Crippen LogP contribution in [0.25, 0.3) is 0 Å². The molecule has 0 atom stereocenters. The average Bonchev–Trinajstić information content (AvgIpc) is 2.39. The second-order valence-corrected chi connectivity index (χ2v) is 4.90. The molecule has 0 aromatic heterocycles. The topological polar surface area (TPSA) is 78.8 Å². The van der Waals surface area contributed by atoms with Gasteiger partial charge in [-0.1, -0.05) is 0 Å². The summed E-state index contributed by atoms with van der Waals surface area (Å²) < 4.78 is 5.90. The SMILES string of the molecule is COc1cc(NC(=O)c2cc(O)cc(O)c2)ccc1Br. The fourth-order valence-corrected chi connectivity index (χ4v) is 2.08. The first-order valence-electron chi connectivity index (χ1n) is 5.67. The van der Waals surface area contributed by atoms with Gasteiger partial charge in [-0.15, -0.1) is 0 Å². The predicted molar refractivity (Wildman–Crippen MR) is 78.4 cm³/mol. The Morgan fingerprint density at radius 2 is 1.80 bits per heavy atom. The summed E-state index contributed by atoms with van der Waals surface area (Å²) in [5, 5.41) is 21.4. The lowest BCUT2D eigenvalue weighted by Crippen LogP contribution is -2.11. The smallest absolute Gasteiger partial charge is 0.255 e. The molecular weight excluding hydrogens is 326 g/mol. The van der Waals surface area contributed by atoms with Crippen molar-refractivity contribution in [1.82, 2.24) is 0 Å². The molecule has 0 aliphatic heterocycles.